The quantitative estimate of drug-likeness (QED) is 0.390. The maximum atomic E-state index is 12.9. The van der Waals surface area contributed by atoms with Gasteiger partial charge in [0.2, 0.25) is 5.75 Å². The van der Waals surface area contributed by atoms with E-state index in [4.69, 9.17) is 0 Å². The Morgan fingerprint density at radius 2 is 1.74 bits per heavy atom. The number of nitro benzene ring substituents is 1. The highest BCUT2D eigenvalue weighted by Gasteiger charge is 2.35. The fraction of sp³-hybridized carbons (Fsp3) is 0.0714. The van der Waals surface area contributed by atoms with Gasteiger partial charge >= 0.3 is 11.9 Å². The molecule has 2 N–H and O–H groups in total. The number of nitrogens with zero attached hydrogens (tertiary/aromatic N) is 1. The van der Waals surface area contributed by atoms with E-state index in [-0.39, 0.29) is 0 Å². The van der Waals surface area contributed by atoms with Crippen molar-refractivity contribution in [2.24, 2.45) is 0 Å². The summed E-state index contributed by atoms with van der Waals surface area (Å²) < 4.78 is 38.8. The topological polar surface area (TPSA) is 101 Å². The van der Waals surface area contributed by atoms with Crippen molar-refractivity contribution in [3.63, 3.8) is 0 Å². The number of phenols is 2. The Morgan fingerprint density at radius 1 is 1.13 bits per heavy atom. The van der Waals surface area contributed by atoms with E-state index in [9.17, 15) is 38.3 Å². The highest BCUT2D eigenvalue weighted by atomic mass is 19.4. The standard InChI is InChI=1S/C14H8F3NO5/c15-14(16,17)9-4-2-1-3-8(9)12(20)7-5-10(18(22)23)13(21)11(19)6-7/h1-6,19,21H. The Kier molecular flexibility index (Phi) is 3.96. The molecule has 23 heavy (non-hydrogen) atoms. The molecule has 6 nitrogen and oxygen atoms in total. The van der Waals surface area contributed by atoms with Crippen molar-refractivity contribution in [1.29, 1.82) is 0 Å². The number of hydrogen-bond acceptors (Lipinski definition) is 5. The second-order valence-electron chi connectivity index (χ2n) is 4.49. The van der Waals surface area contributed by atoms with Gasteiger partial charge in [-0.3, -0.25) is 14.9 Å². The first-order valence-corrected chi connectivity index (χ1v) is 6.04. The molecule has 0 heterocycles. The number of carbonyl (C=O) groups excluding carboxylic acids is 1. The SMILES string of the molecule is O=C(c1cc(O)c(O)c([N+](=O)[O-])c1)c1ccccc1C(F)(F)F. The lowest BCUT2D eigenvalue weighted by atomic mass is 9.97. The number of aromatic hydroxyl groups is 2. The monoisotopic (exact) mass is 327 g/mol. The van der Waals surface area contributed by atoms with Crippen molar-refractivity contribution < 1.29 is 33.1 Å². The Morgan fingerprint density at radius 3 is 2.30 bits per heavy atom. The van der Waals surface area contributed by atoms with Crippen LogP contribution in [-0.2, 0) is 6.18 Å². The average molecular weight is 327 g/mol. The Hall–Kier alpha value is -3.10. The average Bonchev–Trinajstić information content (AvgIpc) is 2.48. The first-order chi connectivity index (χ1) is 10.6. The largest absolute Gasteiger partial charge is 0.504 e. The Labute approximate surface area is 126 Å². The van der Waals surface area contributed by atoms with Crippen LogP contribution in [0.5, 0.6) is 11.5 Å². The van der Waals surface area contributed by atoms with Crippen molar-refractivity contribution >= 4 is 11.5 Å². The van der Waals surface area contributed by atoms with Crippen LogP contribution in [0.1, 0.15) is 21.5 Å². The molecular formula is C14H8F3NO5. The van der Waals surface area contributed by atoms with E-state index in [1.54, 1.807) is 0 Å². The van der Waals surface area contributed by atoms with Crippen LogP contribution in [0.15, 0.2) is 36.4 Å². The van der Waals surface area contributed by atoms with Crippen LogP contribution in [-0.4, -0.2) is 20.9 Å². The van der Waals surface area contributed by atoms with Gasteiger partial charge in [-0.1, -0.05) is 18.2 Å². The third kappa shape index (κ3) is 3.07. The number of nitro groups is 1. The molecule has 0 saturated heterocycles. The number of alkyl halides is 3. The van der Waals surface area contributed by atoms with Crippen molar-refractivity contribution in [3.05, 3.63) is 63.2 Å². The molecule has 0 unspecified atom stereocenters. The molecule has 0 bridgehead atoms. The summed E-state index contributed by atoms with van der Waals surface area (Å²) in [6, 6.07) is 5.18. The van der Waals surface area contributed by atoms with E-state index in [1.165, 1.54) is 6.07 Å². The summed E-state index contributed by atoms with van der Waals surface area (Å²) in [5, 5.41) is 29.5. The molecular weight excluding hydrogens is 319 g/mol. The first kappa shape index (κ1) is 16.3. The lowest BCUT2D eigenvalue weighted by molar-refractivity contribution is -0.386. The zero-order valence-electron chi connectivity index (χ0n) is 11.2. The van der Waals surface area contributed by atoms with Crippen molar-refractivity contribution in [1.82, 2.24) is 0 Å². The summed E-state index contributed by atoms with van der Waals surface area (Å²) in [4.78, 5) is 21.9. The normalized spacial score (nSPS) is 11.3. The lowest BCUT2D eigenvalue weighted by Gasteiger charge is -2.12. The molecule has 9 heteroatoms. The molecule has 0 aliphatic heterocycles. The van der Waals surface area contributed by atoms with E-state index in [2.05, 4.69) is 0 Å². The van der Waals surface area contributed by atoms with Gasteiger partial charge in [0.05, 0.1) is 10.5 Å². The number of carbonyl (C=O) groups is 1. The van der Waals surface area contributed by atoms with Crippen LogP contribution in [0.3, 0.4) is 0 Å². The fourth-order valence-corrected chi connectivity index (χ4v) is 1.96. The van der Waals surface area contributed by atoms with Gasteiger partial charge in [-0.25, -0.2) is 0 Å². The number of halogens is 3. The summed E-state index contributed by atoms with van der Waals surface area (Å²) >= 11 is 0. The third-order valence-corrected chi connectivity index (χ3v) is 3.01. The van der Waals surface area contributed by atoms with Gasteiger partial charge in [-0.15, -0.1) is 0 Å². The maximum absolute atomic E-state index is 12.9. The number of ketones is 1. The fourth-order valence-electron chi connectivity index (χ4n) is 1.96. The van der Waals surface area contributed by atoms with E-state index < -0.39 is 50.8 Å². The summed E-state index contributed by atoms with van der Waals surface area (Å²) in [7, 11) is 0. The number of hydrogen-bond donors (Lipinski definition) is 2. The Balaban J connectivity index is 2.61. The first-order valence-electron chi connectivity index (χ1n) is 6.04. The molecule has 0 spiro atoms. The van der Waals surface area contributed by atoms with E-state index in [1.807, 2.05) is 0 Å². The maximum Gasteiger partial charge on any atom is 0.417 e. The van der Waals surface area contributed by atoms with Crippen LogP contribution >= 0.6 is 0 Å². The highest BCUT2D eigenvalue weighted by Crippen LogP contribution is 2.38. The van der Waals surface area contributed by atoms with Crippen LogP contribution in [0, 0.1) is 10.1 Å². The summed E-state index contributed by atoms with van der Waals surface area (Å²) in [6.07, 6.45) is -4.79. The summed E-state index contributed by atoms with van der Waals surface area (Å²) in [5.74, 6) is -3.22. The predicted octanol–water partition coefficient (Wildman–Crippen LogP) is 3.26. The van der Waals surface area contributed by atoms with Gasteiger partial charge in [-0.05, 0) is 12.1 Å². The van der Waals surface area contributed by atoms with Crippen LogP contribution < -0.4 is 0 Å². The molecule has 0 aromatic heterocycles. The molecule has 2 rings (SSSR count). The molecule has 0 aliphatic carbocycles. The molecule has 0 fully saturated rings. The van der Waals surface area contributed by atoms with Crippen molar-refractivity contribution in [2.75, 3.05) is 0 Å². The predicted molar refractivity (Wildman–Crippen MR) is 71.3 cm³/mol. The minimum Gasteiger partial charge on any atom is -0.504 e. The van der Waals surface area contributed by atoms with Gasteiger partial charge in [0.15, 0.2) is 11.5 Å². The van der Waals surface area contributed by atoms with Crippen molar-refractivity contribution in [3.8, 4) is 11.5 Å². The minimum atomic E-state index is -4.79. The van der Waals surface area contributed by atoms with Gasteiger partial charge in [0.25, 0.3) is 0 Å². The minimum absolute atomic E-state index is 0.552. The van der Waals surface area contributed by atoms with Crippen LogP contribution in [0.2, 0.25) is 0 Å². The zero-order valence-corrected chi connectivity index (χ0v) is 11.2. The molecule has 0 atom stereocenters. The third-order valence-electron chi connectivity index (χ3n) is 3.01. The van der Waals surface area contributed by atoms with Crippen molar-refractivity contribution in [2.45, 2.75) is 6.18 Å². The molecule has 120 valence electrons. The highest BCUT2D eigenvalue weighted by molar-refractivity contribution is 6.10. The Bertz CT molecular complexity index is 801. The molecule has 2 aromatic rings. The van der Waals surface area contributed by atoms with Gasteiger partial charge in [0.1, 0.15) is 0 Å². The molecule has 0 aliphatic rings. The molecule has 0 saturated carbocycles. The smallest absolute Gasteiger partial charge is 0.417 e. The van der Waals surface area contributed by atoms with Gasteiger partial charge in [0, 0.05) is 17.2 Å². The molecule has 2 aromatic carbocycles. The number of benzene rings is 2. The lowest BCUT2D eigenvalue weighted by Crippen LogP contribution is -2.13. The van der Waals surface area contributed by atoms with Gasteiger partial charge < -0.3 is 10.2 Å². The summed E-state index contributed by atoms with van der Waals surface area (Å²) in [6.45, 7) is 0. The van der Waals surface area contributed by atoms with Crippen LogP contribution in [0.25, 0.3) is 0 Å². The number of phenolic OH excluding ortho intramolecular Hbond substituents is 2. The molecule has 0 amide bonds. The second-order valence-corrected chi connectivity index (χ2v) is 4.49. The zero-order chi connectivity index (χ0) is 17.4. The summed E-state index contributed by atoms with van der Waals surface area (Å²) in [5.41, 5.74) is -3.47. The van der Waals surface area contributed by atoms with Gasteiger partial charge in [-0.2, -0.15) is 13.2 Å². The van der Waals surface area contributed by atoms with E-state index in [0.29, 0.717) is 18.2 Å². The molecule has 0 radical (unpaired) electrons. The van der Waals surface area contributed by atoms with E-state index in [0.717, 1.165) is 12.1 Å². The second kappa shape index (κ2) is 5.59. The van der Waals surface area contributed by atoms with Crippen LogP contribution in [0.4, 0.5) is 18.9 Å². The number of rotatable bonds is 3. The van der Waals surface area contributed by atoms with E-state index >= 15 is 0 Å².